The minimum absolute atomic E-state index is 0.0985. The fourth-order valence-electron chi connectivity index (χ4n) is 9.14. The van der Waals surface area contributed by atoms with E-state index in [2.05, 4.69) is 18.9 Å². The quantitative estimate of drug-likeness (QED) is 0.605. The summed E-state index contributed by atoms with van der Waals surface area (Å²) in [5.41, 5.74) is -1.36. The van der Waals surface area contributed by atoms with Crippen molar-refractivity contribution in [2.75, 3.05) is 0 Å². The van der Waals surface area contributed by atoms with E-state index in [1.54, 1.807) is 0 Å². The third-order valence-electron chi connectivity index (χ3n) is 10.6. The maximum Gasteiger partial charge on any atom is 0.433 e. The molecule has 4 fully saturated rings. The number of fused-ring (bicyclic) bond motifs is 5. The molecule has 4 saturated carbocycles. The molecule has 1 aromatic heterocycles. The van der Waals surface area contributed by atoms with Crippen molar-refractivity contribution >= 4 is 5.78 Å². The van der Waals surface area contributed by atoms with Gasteiger partial charge in [-0.3, -0.25) is 9.48 Å². The first-order valence-electron chi connectivity index (χ1n) is 12.7. The Labute approximate surface area is 194 Å². The zero-order valence-corrected chi connectivity index (χ0v) is 20.0. The summed E-state index contributed by atoms with van der Waals surface area (Å²) in [7, 11) is 0. The first-order chi connectivity index (χ1) is 15.4. The number of alkyl halides is 3. The molecule has 0 spiro atoms. The molecule has 0 aromatic carbocycles. The summed E-state index contributed by atoms with van der Waals surface area (Å²) in [5.74, 6) is 2.01. The number of ketones is 1. The topological polar surface area (TPSA) is 55.1 Å². The van der Waals surface area contributed by atoms with E-state index in [1.807, 2.05) is 6.92 Å². The van der Waals surface area contributed by atoms with Crippen molar-refractivity contribution < 1.29 is 23.1 Å². The maximum absolute atomic E-state index is 13.4. The van der Waals surface area contributed by atoms with E-state index in [4.69, 9.17) is 0 Å². The second-order valence-corrected chi connectivity index (χ2v) is 12.4. The number of carbonyl (C=O) groups excluding carboxylic acids is 1. The van der Waals surface area contributed by atoms with Gasteiger partial charge in [-0.1, -0.05) is 13.8 Å². The minimum atomic E-state index is -4.51. The van der Waals surface area contributed by atoms with Crippen molar-refractivity contribution in [2.24, 2.45) is 40.4 Å². The summed E-state index contributed by atoms with van der Waals surface area (Å²) in [4.78, 5) is 13.4. The van der Waals surface area contributed by atoms with Crippen LogP contribution in [0.15, 0.2) is 12.3 Å². The van der Waals surface area contributed by atoms with E-state index in [0.29, 0.717) is 23.7 Å². The lowest BCUT2D eigenvalue weighted by atomic mass is 9.43. The predicted molar refractivity (Wildman–Crippen MR) is 118 cm³/mol. The number of halogens is 3. The Hall–Kier alpha value is -1.37. The van der Waals surface area contributed by atoms with Gasteiger partial charge in [-0.25, -0.2) is 0 Å². The van der Waals surface area contributed by atoms with Gasteiger partial charge in [0.15, 0.2) is 5.78 Å². The largest absolute Gasteiger partial charge is 0.433 e. The molecule has 4 nitrogen and oxygen atoms in total. The molecule has 0 aliphatic heterocycles. The second kappa shape index (κ2) is 7.56. The second-order valence-electron chi connectivity index (χ2n) is 12.4. The predicted octanol–water partition coefficient (Wildman–Crippen LogP) is 5.88. The van der Waals surface area contributed by atoms with Crippen LogP contribution in [0.1, 0.15) is 84.3 Å². The molecule has 0 amide bonds. The van der Waals surface area contributed by atoms with Crippen molar-refractivity contribution in [3.05, 3.63) is 18.0 Å². The average Bonchev–Trinajstić information content (AvgIpc) is 3.31. The van der Waals surface area contributed by atoms with Crippen molar-refractivity contribution in [3.8, 4) is 0 Å². The smallest absolute Gasteiger partial charge is 0.390 e. The van der Waals surface area contributed by atoms with Crippen molar-refractivity contribution in [2.45, 2.75) is 96.9 Å². The number of carbonyl (C=O) groups is 1. The van der Waals surface area contributed by atoms with Gasteiger partial charge in [0.1, 0.15) is 12.2 Å². The molecule has 184 valence electrons. The van der Waals surface area contributed by atoms with Gasteiger partial charge in [0.25, 0.3) is 0 Å². The molecule has 1 N–H and O–H groups in total. The maximum atomic E-state index is 13.4. The summed E-state index contributed by atoms with van der Waals surface area (Å²) in [6, 6.07) is 0.943. The SMILES string of the molecule is C[C@@]1(O)CC[C@H]2[C@@H](CC[C@@]3(C)[C@@H]4CC[C@H](C(=O)Cn5nccc5C(F)(F)F)[C@@]4(C)CC[C@H]23)C1. The first-order valence-corrected chi connectivity index (χ1v) is 12.7. The van der Waals surface area contributed by atoms with Crippen LogP contribution in [0.3, 0.4) is 0 Å². The highest BCUT2D eigenvalue weighted by molar-refractivity contribution is 5.82. The van der Waals surface area contributed by atoms with Crippen LogP contribution in [0.4, 0.5) is 13.2 Å². The molecule has 4 aliphatic rings. The zero-order chi connectivity index (χ0) is 23.8. The molecule has 0 radical (unpaired) electrons. The van der Waals surface area contributed by atoms with Gasteiger partial charge in [0, 0.05) is 12.1 Å². The third kappa shape index (κ3) is 3.68. The molecular weight excluding hydrogens is 429 g/mol. The normalized spacial score (nSPS) is 45.2. The summed E-state index contributed by atoms with van der Waals surface area (Å²) >= 11 is 0. The molecule has 0 saturated heterocycles. The Bertz CT molecular complexity index is 925. The Morgan fingerprint density at radius 3 is 2.55 bits per heavy atom. The highest BCUT2D eigenvalue weighted by Gasteiger charge is 2.63. The summed E-state index contributed by atoms with van der Waals surface area (Å²) < 4.78 is 40.7. The van der Waals surface area contributed by atoms with Crippen LogP contribution in [-0.4, -0.2) is 26.3 Å². The van der Waals surface area contributed by atoms with Crippen LogP contribution in [0.2, 0.25) is 0 Å². The number of hydrogen-bond donors (Lipinski definition) is 1. The van der Waals surface area contributed by atoms with E-state index in [0.717, 1.165) is 74.7 Å². The Balaban J connectivity index is 1.35. The summed E-state index contributed by atoms with van der Waals surface area (Å²) in [6.45, 7) is 6.35. The van der Waals surface area contributed by atoms with Gasteiger partial charge < -0.3 is 5.11 Å². The lowest BCUT2D eigenvalue weighted by molar-refractivity contribution is -0.153. The van der Waals surface area contributed by atoms with E-state index in [1.165, 1.54) is 0 Å². The molecule has 1 heterocycles. The van der Waals surface area contributed by atoms with Crippen LogP contribution < -0.4 is 0 Å². The molecule has 0 unspecified atom stereocenters. The molecule has 1 aromatic rings. The van der Waals surface area contributed by atoms with Gasteiger partial charge in [-0.05, 0) is 105 Å². The lowest BCUT2D eigenvalue weighted by Crippen LogP contribution is -2.56. The van der Waals surface area contributed by atoms with Gasteiger partial charge in [0.2, 0.25) is 0 Å². The highest BCUT2D eigenvalue weighted by atomic mass is 19.4. The first kappa shape index (κ1) is 23.4. The molecule has 8 atom stereocenters. The molecule has 4 aliphatic carbocycles. The van der Waals surface area contributed by atoms with Crippen LogP contribution in [0.25, 0.3) is 0 Å². The van der Waals surface area contributed by atoms with Crippen molar-refractivity contribution in [1.29, 1.82) is 0 Å². The number of nitrogens with zero attached hydrogens (tertiary/aromatic N) is 2. The molecule has 7 heteroatoms. The van der Waals surface area contributed by atoms with Crippen LogP contribution in [0.5, 0.6) is 0 Å². The van der Waals surface area contributed by atoms with Gasteiger partial charge in [-0.2, -0.15) is 18.3 Å². The molecule has 0 bridgehead atoms. The fourth-order valence-corrected chi connectivity index (χ4v) is 9.14. The Morgan fingerprint density at radius 1 is 1.09 bits per heavy atom. The monoisotopic (exact) mass is 466 g/mol. The number of Topliss-reactive ketones (excluding diaryl/α,β-unsaturated/α-hetero) is 1. The van der Waals surface area contributed by atoms with Crippen LogP contribution >= 0.6 is 0 Å². The standard InChI is InChI=1S/C26H37F3N2O2/c1-23(33)10-7-17-16(14-23)6-11-24(2)18(17)8-12-25(3)19(4-5-21(24)25)20(32)15-31-22(9-13-30-31)26(27,28)29/h9,13,16-19,21,33H,4-8,10-12,14-15H2,1-3H3/t16-,17-,18+,19+,21-,23+,24+,25+/m0/s1. The van der Waals surface area contributed by atoms with Crippen molar-refractivity contribution in [1.82, 2.24) is 9.78 Å². The van der Waals surface area contributed by atoms with E-state index in [-0.39, 0.29) is 29.1 Å². The number of rotatable bonds is 3. The van der Waals surface area contributed by atoms with Crippen LogP contribution in [0, 0.1) is 40.4 Å². The summed E-state index contributed by atoms with van der Waals surface area (Å²) in [6.07, 6.45) is 5.57. The molecule has 5 rings (SSSR count). The lowest BCUT2D eigenvalue weighted by Gasteiger charge is -2.62. The number of aliphatic hydroxyl groups is 1. The molecular formula is C26H37F3N2O2. The Kier molecular flexibility index (Phi) is 5.36. The van der Waals surface area contributed by atoms with E-state index in [9.17, 15) is 23.1 Å². The van der Waals surface area contributed by atoms with Gasteiger partial charge in [0.05, 0.1) is 5.60 Å². The van der Waals surface area contributed by atoms with Gasteiger partial charge in [-0.15, -0.1) is 0 Å². The third-order valence-corrected chi connectivity index (χ3v) is 10.6. The van der Waals surface area contributed by atoms with E-state index < -0.39 is 17.5 Å². The summed E-state index contributed by atoms with van der Waals surface area (Å²) in [5, 5.41) is 14.4. The van der Waals surface area contributed by atoms with E-state index >= 15 is 0 Å². The van der Waals surface area contributed by atoms with Crippen molar-refractivity contribution in [3.63, 3.8) is 0 Å². The average molecular weight is 467 g/mol. The minimum Gasteiger partial charge on any atom is -0.390 e. The number of aromatic nitrogens is 2. The molecule has 33 heavy (non-hydrogen) atoms. The Morgan fingerprint density at radius 2 is 1.82 bits per heavy atom. The van der Waals surface area contributed by atoms with Gasteiger partial charge >= 0.3 is 6.18 Å². The zero-order valence-electron chi connectivity index (χ0n) is 20.0. The van der Waals surface area contributed by atoms with Crippen LogP contribution in [-0.2, 0) is 17.5 Å². The fraction of sp³-hybridized carbons (Fsp3) is 0.846. The number of hydrogen-bond acceptors (Lipinski definition) is 3. The highest BCUT2D eigenvalue weighted by Crippen LogP contribution is 2.69.